The van der Waals surface area contributed by atoms with Gasteiger partial charge in [-0.25, -0.2) is 0 Å². The maximum absolute atomic E-state index is 13.6. The number of hydrogen-bond acceptors (Lipinski definition) is 4. The van der Waals surface area contributed by atoms with E-state index in [4.69, 9.17) is 0 Å². The fourth-order valence-corrected chi connectivity index (χ4v) is 5.53. The van der Waals surface area contributed by atoms with Gasteiger partial charge in [-0.1, -0.05) is 50.1 Å². The highest BCUT2D eigenvalue weighted by molar-refractivity contribution is 6.13. The van der Waals surface area contributed by atoms with E-state index >= 15 is 0 Å². The lowest BCUT2D eigenvalue weighted by Crippen LogP contribution is -2.51. The van der Waals surface area contributed by atoms with E-state index < -0.39 is 17.6 Å². The van der Waals surface area contributed by atoms with Crippen molar-refractivity contribution in [2.45, 2.75) is 72.1 Å². The van der Waals surface area contributed by atoms with Crippen LogP contribution < -0.4 is 5.32 Å². The van der Waals surface area contributed by atoms with E-state index in [1.54, 1.807) is 0 Å². The largest absolute Gasteiger partial charge is 0.390 e. The fourth-order valence-electron chi connectivity index (χ4n) is 5.53. The van der Waals surface area contributed by atoms with Crippen molar-refractivity contribution in [3.63, 3.8) is 0 Å². The second kappa shape index (κ2) is 8.19. The highest BCUT2D eigenvalue weighted by atomic mass is 16.3. The van der Waals surface area contributed by atoms with E-state index in [9.17, 15) is 19.8 Å². The minimum absolute atomic E-state index is 0.0599. The van der Waals surface area contributed by atoms with Crippen molar-refractivity contribution >= 4 is 11.7 Å². The Morgan fingerprint density at radius 3 is 2.55 bits per heavy atom. The van der Waals surface area contributed by atoms with Crippen molar-refractivity contribution in [1.82, 2.24) is 5.32 Å². The predicted molar refractivity (Wildman–Crippen MR) is 113 cm³/mol. The van der Waals surface area contributed by atoms with Crippen molar-refractivity contribution < 1.29 is 19.8 Å². The summed E-state index contributed by atoms with van der Waals surface area (Å²) in [4.78, 5) is 27.1. The van der Waals surface area contributed by atoms with Gasteiger partial charge in [-0.05, 0) is 51.0 Å². The maximum Gasteiger partial charge on any atom is 0.235 e. The molecule has 0 saturated carbocycles. The molecule has 0 aromatic rings. The number of carbonyl (C=O) groups excluding carboxylic acids is 2. The van der Waals surface area contributed by atoms with Crippen molar-refractivity contribution in [2.24, 2.45) is 29.1 Å². The van der Waals surface area contributed by atoms with Crippen molar-refractivity contribution in [3.8, 4) is 0 Å². The zero-order valence-electron chi connectivity index (χ0n) is 18.2. The summed E-state index contributed by atoms with van der Waals surface area (Å²) < 4.78 is 0. The molecule has 2 aliphatic carbocycles. The fraction of sp³-hybridized carbons (Fsp3) is 0.667. The minimum Gasteiger partial charge on any atom is -0.390 e. The van der Waals surface area contributed by atoms with E-state index in [1.807, 2.05) is 13.0 Å². The van der Waals surface area contributed by atoms with Crippen LogP contribution in [0.1, 0.15) is 53.9 Å². The number of rotatable bonds is 2. The molecule has 160 valence electrons. The molecule has 3 N–H and O–H groups in total. The number of nitrogens with one attached hydrogen (secondary N) is 1. The summed E-state index contributed by atoms with van der Waals surface area (Å²) in [6, 6.07) is -0.0599. The Morgan fingerprint density at radius 2 is 1.90 bits per heavy atom. The molecule has 5 nitrogen and oxygen atoms in total. The number of aliphatic hydroxyl groups excluding tert-OH is 2. The smallest absolute Gasteiger partial charge is 0.235 e. The topological polar surface area (TPSA) is 86.6 Å². The average molecular weight is 402 g/mol. The van der Waals surface area contributed by atoms with Crippen molar-refractivity contribution in [3.05, 3.63) is 35.5 Å². The predicted octanol–water partition coefficient (Wildman–Crippen LogP) is 2.93. The second-order valence-electron chi connectivity index (χ2n) is 9.66. The highest BCUT2D eigenvalue weighted by Crippen LogP contribution is 2.55. The summed E-state index contributed by atoms with van der Waals surface area (Å²) in [7, 11) is 0. The molecule has 0 radical (unpaired) electrons. The Hall–Kier alpha value is -1.72. The molecule has 1 spiro atoms. The van der Waals surface area contributed by atoms with E-state index in [0.29, 0.717) is 18.8 Å². The van der Waals surface area contributed by atoms with Gasteiger partial charge in [0, 0.05) is 17.9 Å². The average Bonchev–Trinajstić information content (AvgIpc) is 2.93. The third kappa shape index (κ3) is 3.75. The Bertz CT molecular complexity index is 765. The summed E-state index contributed by atoms with van der Waals surface area (Å²) in [5.74, 6) is -0.455. The van der Waals surface area contributed by atoms with Crippen LogP contribution in [0.15, 0.2) is 35.5 Å². The molecule has 0 bridgehead atoms. The molecule has 0 aromatic heterocycles. The van der Waals surface area contributed by atoms with Gasteiger partial charge in [-0.2, -0.15) is 0 Å². The van der Waals surface area contributed by atoms with Gasteiger partial charge < -0.3 is 15.5 Å². The van der Waals surface area contributed by atoms with Gasteiger partial charge in [0.1, 0.15) is 5.41 Å². The van der Waals surface area contributed by atoms with Gasteiger partial charge >= 0.3 is 0 Å². The number of allylic oxidation sites excluding steroid dienone is 5. The van der Waals surface area contributed by atoms with Gasteiger partial charge in [-0.15, -0.1) is 0 Å². The minimum atomic E-state index is -1.20. The molecular weight excluding hydrogens is 366 g/mol. The first kappa shape index (κ1) is 22.0. The maximum atomic E-state index is 13.6. The number of aliphatic hydroxyl groups is 2. The first-order chi connectivity index (χ1) is 13.6. The van der Waals surface area contributed by atoms with Crippen LogP contribution >= 0.6 is 0 Å². The quantitative estimate of drug-likeness (QED) is 0.490. The van der Waals surface area contributed by atoms with Crippen LogP contribution in [0, 0.1) is 29.1 Å². The van der Waals surface area contributed by atoms with Gasteiger partial charge in [0.15, 0.2) is 5.78 Å². The van der Waals surface area contributed by atoms with Gasteiger partial charge in [-0.3, -0.25) is 9.59 Å². The Labute approximate surface area is 174 Å². The number of amides is 1. The molecule has 3 rings (SSSR count). The molecular formula is C24H35NO4. The van der Waals surface area contributed by atoms with Crippen molar-refractivity contribution in [1.29, 1.82) is 0 Å². The molecule has 1 saturated heterocycles. The third-order valence-electron chi connectivity index (χ3n) is 7.15. The molecule has 1 aliphatic heterocycles. The first-order valence-corrected chi connectivity index (χ1v) is 10.8. The molecule has 0 aromatic carbocycles. The van der Waals surface area contributed by atoms with E-state index in [-0.39, 0.29) is 35.5 Å². The summed E-state index contributed by atoms with van der Waals surface area (Å²) in [5, 5.41) is 23.6. The van der Waals surface area contributed by atoms with Crippen LogP contribution in [0.5, 0.6) is 0 Å². The Morgan fingerprint density at radius 1 is 1.21 bits per heavy atom. The Kier molecular flexibility index (Phi) is 6.21. The van der Waals surface area contributed by atoms with Crippen LogP contribution in [0.25, 0.3) is 0 Å². The van der Waals surface area contributed by atoms with Gasteiger partial charge in [0.05, 0.1) is 12.2 Å². The lowest BCUT2D eigenvalue weighted by Gasteiger charge is -2.44. The number of carbonyl (C=O) groups is 2. The first-order valence-electron chi connectivity index (χ1n) is 10.8. The Balaban J connectivity index is 2.20. The van der Waals surface area contributed by atoms with E-state index in [1.165, 1.54) is 17.7 Å². The zero-order chi connectivity index (χ0) is 21.5. The lowest BCUT2D eigenvalue weighted by atomic mass is 9.55. The van der Waals surface area contributed by atoms with Crippen LogP contribution in [-0.2, 0) is 9.59 Å². The van der Waals surface area contributed by atoms with Crippen LogP contribution in [0.3, 0.4) is 0 Å². The van der Waals surface area contributed by atoms with Crippen LogP contribution in [-0.4, -0.2) is 40.2 Å². The second-order valence-corrected chi connectivity index (χ2v) is 9.66. The number of hydrogen-bond donors (Lipinski definition) is 3. The van der Waals surface area contributed by atoms with E-state index in [0.717, 1.165) is 12.0 Å². The standard InChI is InChI=1S/C24H35NO4/c1-13(2)10-18-22-16(5)15(4)12-17-11-14(3)6-7-19(26)20(27)8-9-21(28)24(17,22)23(29)25-18/h8-9,11-13,16-20,22,26-27H,6-7,10H2,1-5H3,(H,25,29)/b9-8+,14-11+. The van der Waals surface area contributed by atoms with Crippen molar-refractivity contribution in [2.75, 3.05) is 0 Å². The molecule has 5 heteroatoms. The van der Waals surface area contributed by atoms with Crippen LogP contribution in [0.2, 0.25) is 0 Å². The molecule has 1 fully saturated rings. The normalized spacial score (nSPS) is 43.4. The summed E-state index contributed by atoms with van der Waals surface area (Å²) >= 11 is 0. The molecule has 1 heterocycles. The third-order valence-corrected chi connectivity index (χ3v) is 7.15. The van der Waals surface area contributed by atoms with Gasteiger partial charge in [0.2, 0.25) is 5.91 Å². The molecule has 7 atom stereocenters. The SMILES string of the molecule is CC1=CC2/C=C(\C)CCC(O)C(O)/C=C/C(=O)C23C(=O)NC(CC(C)C)C3C1C. The summed E-state index contributed by atoms with van der Waals surface area (Å²) in [6.45, 7) is 10.4. The van der Waals surface area contributed by atoms with Gasteiger partial charge in [0.25, 0.3) is 0 Å². The zero-order valence-corrected chi connectivity index (χ0v) is 18.2. The lowest BCUT2D eigenvalue weighted by molar-refractivity contribution is -0.142. The molecule has 7 unspecified atom stereocenters. The highest BCUT2D eigenvalue weighted by Gasteiger charge is 2.64. The summed E-state index contributed by atoms with van der Waals surface area (Å²) in [5.41, 5.74) is 1.02. The molecule has 29 heavy (non-hydrogen) atoms. The molecule has 1 amide bonds. The van der Waals surface area contributed by atoms with Crippen LogP contribution in [0.4, 0.5) is 0 Å². The van der Waals surface area contributed by atoms with E-state index in [2.05, 4.69) is 39.1 Å². The molecule has 3 aliphatic rings. The monoisotopic (exact) mass is 401 g/mol. The number of ketones is 1. The summed E-state index contributed by atoms with van der Waals surface area (Å²) in [6.07, 6.45) is 6.60.